The lowest BCUT2D eigenvalue weighted by Gasteiger charge is -2.24. The van der Waals surface area contributed by atoms with E-state index < -0.39 is 0 Å². The summed E-state index contributed by atoms with van der Waals surface area (Å²) in [6, 6.07) is 20.1. The molecule has 0 aliphatic carbocycles. The minimum Gasteiger partial charge on any atom is -0.365 e. The minimum atomic E-state index is -0.00309. The van der Waals surface area contributed by atoms with Gasteiger partial charge in [0.05, 0.1) is 18.8 Å². The molecule has 0 N–H and O–H groups in total. The van der Waals surface area contributed by atoms with Crippen molar-refractivity contribution >= 4 is 0 Å². The zero-order valence-electron chi connectivity index (χ0n) is 14.9. The summed E-state index contributed by atoms with van der Waals surface area (Å²) in [5.74, 6) is 0.999. The predicted octanol–water partition coefficient (Wildman–Crippen LogP) is 4.18. The van der Waals surface area contributed by atoms with Crippen LogP contribution in [0.5, 0.6) is 0 Å². The Morgan fingerprint density at radius 1 is 1.04 bits per heavy atom. The molecule has 5 rings (SSSR count). The second kappa shape index (κ2) is 6.48. The first-order valence-corrected chi connectivity index (χ1v) is 8.91. The van der Waals surface area contributed by atoms with E-state index in [1.807, 2.05) is 60.1 Å². The van der Waals surface area contributed by atoms with Gasteiger partial charge in [-0.15, -0.1) is 0 Å². The van der Waals surface area contributed by atoms with E-state index in [0.717, 1.165) is 22.4 Å². The van der Waals surface area contributed by atoms with Gasteiger partial charge in [-0.2, -0.15) is 10.1 Å². The van der Waals surface area contributed by atoms with Gasteiger partial charge >= 0.3 is 0 Å². The normalized spacial score (nSPS) is 16.3. The van der Waals surface area contributed by atoms with Crippen LogP contribution in [0.25, 0.3) is 23.0 Å². The molecule has 0 fully saturated rings. The van der Waals surface area contributed by atoms with Gasteiger partial charge in [0.15, 0.2) is 5.69 Å². The third-order valence-corrected chi connectivity index (χ3v) is 4.84. The summed E-state index contributed by atoms with van der Waals surface area (Å²) in [6.45, 7) is 3.20. The van der Waals surface area contributed by atoms with Gasteiger partial charge < -0.3 is 9.26 Å². The molecule has 2 aromatic carbocycles. The van der Waals surface area contributed by atoms with Crippen LogP contribution in [-0.4, -0.2) is 19.9 Å². The number of aromatic nitrogens is 4. The zero-order chi connectivity index (χ0) is 18.2. The maximum atomic E-state index is 6.00. The Kier molecular flexibility index (Phi) is 3.83. The third-order valence-electron chi connectivity index (χ3n) is 4.84. The molecule has 0 saturated carbocycles. The number of rotatable bonds is 3. The van der Waals surface area contributed by atoms with E-state index in [-0.39, 0.29) is 6.10 Å². The Bertz CT molecular complexity index is 1080. The molecule has 134 valence electrons. The molecule has 3 heterocycles. The fraction of sp³-hybridized carbons (Fsp3) is 0.190. The summed E-state index contributed by atoms with van der Waals surface area (Å²) in [4.78, 5) is 4.54. The highest BCUT2D eigenvalue weighted by atomic mass is 16.5. The van der Waals surface area contributed by atoms with Gasteiger partial charge in [0, 0.05) is 5.56 Å². The van der Waals surface area contributed by atoms with E-state index in [0.29, 0.717) is 30.6 Å². The van der Waals surface area contributed by atoms with Gasteiger partial charge in [0.1, 0.15) is 6.10 Å². The Balaban J connectivity index is 1.43. The zero-order valence-corrected chi connectivity index (χ0v) is 14.9. The van der Waals surface area contributed by atoms with Crippen molar-refractivity contribution in [3.05, 3.63) is 77.5 Å². The molecule has 6 nitrogen and oxygen atoms in total. The molecule has 0 amide bonds. The highest BCUT2D eigenvalue weighted by molar-refractivity contribution is 5.61. The van der Waals surface area contributed by atoms with Crippen molar-refractivity contribution < 1.29 is 9.26 Å². The lowest BCUT2D eigenvalue weighted by molar-refractivity contribution is -0.00113. The van der Waals surface area contributed by atoms with Crippen LogP contribution in [-0.2, 0) is 17.9 Å². The van der Waals surface area contributed by atoms with Gasteiger partial charge in [0.2, 0.25) is 5.82 Å². The molecule has 0 radical (unpaired) electrons. The van der Waals surface area contributed by atoms with Gasteiger partial charge in [-0.05, 0) is 24.1 Å². The smallest absolute Gasteiger partial charge is 0.278 e. The van der Waals surface area contributed by atoms with E-state index in [4.69, 9.17) is 9.26 Å². The number of aryl methyl sites for hydroxylation is 1. The molecule has 0 unspecified atom stereocenters. The van der Waals surface area contributed by atoms with Gasteiger partial charge in [-0.3, -0.25) is 4.68 Å². The number of fused-ring (bicyclic) bond motifs is 1. The highest BCUT2D eigenvalue weighted by Gasteiger charge is 2.24. The van der Waals surface area contributed by atoms with Crippen molar-refractivity contribution in [2.24, 2.45) is 0 Å². The fourth-order valence-electron chi connectivity index (χ4n) is 3.36. The number of benzene rings is 2. The van der Waals surface area contributed by atoms with E-state index in [9.17, 15) is 0 Å². The molecular formula is C21H18N4O2. The SMILES string of the molecule is Cc1ccccc1-c1noc(-c2cc3n(n2)C[C@H](c2ccccc2)OC3)n1. The third kappa shape index (κ3) is 2.94. The van der Waals surface area contributed by atoms with Crippen LogP contribution in [0.4, 0.5) is 0 Å². The van der Waals surface area contributed by atoms with Crippen LogP contribution in [0, 0.1) is 6.92 Å². The van der Waals surface area contributed by atoms with Gasteiger partial charge in [-0.25, -0.2) is 0 Å². The molecular weight excluding hydrogens is 340 g/mol. The molecule has 1 aliphatic rings. The van der Waals surface area contributed by atoms with Crippen molar-refractivity contribution in [3.63, 3.8) is 0 Å². The lowest BCUT2D eigenvalue weighted by atomic mass is 10.1. The first-order valence-electron chi connectivity index (χ1n) is 8.91. The first kappa shape index (κ1) is 16.0. The summed E-state index contributed by atoms with van der Waals surface area (Å²) in [5.41, 5.74) is 4.90. The molecule has 6 heteroatoms. The largest absolute Gasteiger partial charge is 0.365 e. The molecule has 1 aliphatic heterocycles. The second-order valence-corrected chi connectivity index (χ2v) is 6.65. The minimum absolute atomic E-state index is 0.00309. The van der Waals surface area contributed by atoms with Gasteiger partial charge in [-0.1, -0.05) is 59.8 Å². The molecule has 0 saturated heterocycles. The van der Waals surface area contributed by atoms with Crippen LogP contribution >= 0.6 is 0 Å². The number of nitrogens with zero attached hydrogens (tertiary/aromatic N) is 4. The van der Waals surface area contributed by atoms with Crippen LogP contribution in [0.2, 0.25) is 0 Å². The molecule has 27 heavy (non-hydrogen) atoms. The number of ether oxygens (including phenoxy) is 1. The molecule has 0 spiro atoms. The second-order valence-electron chi connectivity index (χ2n) is 6.65. The summed E-state index contributed by atoms with van der Waals surface area (Å²) in [6.07, 6.45) is -0.00309. The monoisotopic (exact) mass is 358 g/mol. The van der Waals surface area contributed by atoms with Crippen molar-refractivity contribution in [2.45, 2.75) is 26.2 Å². The molecule has 2 aromatic heterocycles. The van der Waals surface area contributed by atoms with E-state index >= 15 is 0 Å². The van der Waals surface area contributed by atoms with Crippen LogP contribution in [0.15, 0.2) is 65.2 Å². The lowest BCUT2D eigenvalue weighted by Crippen LogP contribution is -2.21. The maximum Gasteiger partial charge on any atom is 0.278 e. The standard InChI is InChI=1S/C21H18N4O2/c1-14-7-5-6-10-17(14)20-22-21(27-24-20)18-11-16-13-26-19(12-25(16)23-18)15-8-3-2-4-9-15/h2-11,19H,12-13H2,1H3/t19-/m1/s1. The van der Waals surface area contributed by atoms with E-state index in [1.54, 1.807) is 0 Å². The van der Waals surface area contributed by atoms with Crippen LogP contribution < -0.4 is 0 Å². The van der Waals surface area contributed by atoms with E-state index in [1.165, 1.54) is 0 Å². The summed E-state index contributed by atoms with van der Waals surface area (Å²) >= 11 is 0. The summed E-state index contributed by atoms with van der Waals surface area (Å²) in [5, 5.41) is 8.79. The molecule has 4 aromatic rings. The summed E-state index contributed by atoms with van der Waals surface area (Å²) < 4.78 is 13.4. The molecule has 0 bridgehead atoms. The predicted molar refractivity (Wildman–Crippen MR) is 99.7 cm³/mol. The topological polar surface area (TPSA) is 66.0 Å². The Morgan fingerprint density at radius 2 is 1.85 bits per heavy atom. The summed E-state index contributed by atoms with van der Waals surface area (Å²) in [7, 11) is 0. The Morgan fingerprint density at radius 3 is 2.70 bits per heavy atom. The number of hydrogen-bond donors (Lipinski definition) is 0. The fourth-order valence-corrected chi connectivity index (χ4v) is 3.36. The highest BCUT2D eigenvalue weighted by Crippen LogP contribution is 2.29. The Labute approximate surface area is 156 Å². The Hall–Kier alpha value is -3.25. The van der Waals surface area contributed by atoms with Gasteiger partial charge in [0.25, 0.3) is 5.89 Å². The van der Waals surface area contributed by atoms with Crippen molar-refractivity contribution in [3.8, 4) is 23.0 Å². The quantitative estimate of drug-likeness (QED) is 0.550. The first-order chi connectivity index (χ1) is 13.3. The van der Waals surface area contributed by atoms with E-state index in [2.05, 4.69) is 27.4 Å². The van der Waals surface area contributed by atoms with Crippen molar-refractivity contribution in [2.75, 3.05) is 0 Å². The van der Waals surface area contributed by atoms with Crippen LogP contribution in [0.3, 0.4) is 0 Å². The van der Waals surface area contributed by atoms with Crippen molar-refractivity contribution in [1.29, 1.82) is 0 Å². The average Bonchev–Trinajstić information content (AvgIpc) is 3.35. The van der Waals surface area contributed by atoms with Crippen LogP contribution in [0.1, 0.15) is 22.9 Å². The number of hydrogen-bond acceptors (Lipinski definition) is 5. The maximum absolute atomic E-state index is 6.00. The van der Waals surface area contributed by atoms with Crippen molar-refractivity contribution in [1.82, 2.24) is 19.9 Å². The molecule has 1 atom stereocenters. The average molecular weight is 358 g/mol.